The van der Waals surface area contributed by atoms with Crippen LogP contribution in [0.25, 0.3) is 0 Å². The van der Waals surface area contributed by atoms with Gasteiger partial charge in [0.25, 0.3) is 0 Å². The van der Waals surface area contributed by atoms with Crippen LogP contribution in [0.1, 0.15) is 20.8 Å². The largest absolute Gasteiger partial charge is 0.491 e. The molecule has 0 radical (unpaired) electrons. The highest BCUT2D eigenvalue weighted by atomic mass is 79.9. The predicted octanol–water partition coefficient (Wildman–Crippen LogP) is 2.52. The summed E-state index contributed by atoms with van der Waals surface area (Å²) < 4.78 is 6.41. The van der Waals surface area contributed by atoms with Gasteiger partial charge in [-0.1, -0.05) is 15.9 Å². The van der Waals surface area contributed by atoms with Crippen LogP contribution in [0.3, 0.4) is 0 Å². The second-order valence-corrected chi connectivity index (χ2v) is 5.04. The molecule has 0 bridgehead atoms. The van der Waals surface area contributed by atoms with Crippen LogP contribution >= 0.6 is 15.9 Å². The van der Waals surface area contributed by atoms with Gasteiger partial charge < -0.3 is 15.8 Å². The number of hydrogen-bond acceptors (Lipinski definition) is 3. The lowest BCUT2D eigenvalue weighted by Crippen LogP contribution is -2.32. The normalized spacial score (nSPS) is 12.4. The Labute approximate surface area is 110 Å². The molecule has 0 fully saturated rings. The van der Waals surface area contributed by atoms with Gasteiger partial charge in [-0.3, -0.25) is 4.79 Å². The van der Waals surface area contributed by atoms with Crippen molar-refractivity contribution < 1.29 is 9.53 Å². The molecule has 0 spiro atoms. The fourth-order valence-electron chi connectivity index (χ4n) is 1.23. The second-order valence-electron chi connectivity index (χ2n) is 4.12. The van der Waals surface area contributed by atoms with E-state index in [2.05, 4.69) is 21.2 Å². The van der Waals surface area contributed by atoms with Crippen molar-refractivity contribution >= 4 is 27.5 Å². The van der Waals surface area contributed by atoms with E-state index in [4.69, 9.17) is 10.5 Å². The minimum absolute atomic E-state index is 0.0845. The third-order valence-corrected chi connectivity index (χ3v) is 2.38. The van der Waals surface area contributed by atoms with Crippen molar-refractivity contribution in [2.75, 3.05) is 5.32 Å². The Balaban J connectivity index is 2.85. The van der Waals surface area contributed by atoms with Crippen molar-refractivity contribution in [3.8, 4) is 5.75 Å². The van der Waals surface area contributed by atoms with Crippen molar-refractivity contribution in [2.24, 2.45) is 5.73 Å². The first kappa shape index (κ1) is 14.0. The van der Waals surface area contributed by atoms with Gasteiger partial charge in [0, 0.05) is 16.2 Å². The van der Waals surface area contributed by atoms with Crippen LogP contribution in [0.4, 0.5) is 5.69 Å². The Hall–Kier alpha value is -1.07. The fraction of sp³-hybridized carbons (Fsp3) is 0.417. The van der Waals surface area contributed by atoms with Gasteiger partial charge in [0.2, 0.25) is 5.91 Å². The minimum atomic E-state index is -0.538. The van der Waals surface area contributed by atoms with Gasteiger partial charge >= 0.3 is 0 Å². The Bertz CT molecular complexity index is 405. The molecule has 0 aliphatic carbocycles. The second kappa shape index (κ2) is 6.02. The molecule has 1 aromatic carbocycles. The van der Waals surface area contributed by atoms with Crippen LogP contribution in [0.15, 0.2) is 22.7 Å². The first-order valence-corrected chi connectivity index (χ1v) is 6.21. The third kappa shape index (κ3) is 4.75. The number of halogens is 1. The first-order valence-electron chi connectivity index (χ1n) is 5.42. The summed E-state index contributed by atoms with van der Waals surface area (Å²) in [4.78, 5) is 11.5. The highest BCUT2D eigenvalue weighted by Crippen LogP contribution is 2.25. The smallest absolute Gasteiger partial charge is 0.241 e. The monoisotopic (exact) mass is 300 g/mol. The highest BCUT2D eigenvalue weighted by molar-refractivity contribution is 9.10. The van der Waals surface area contributed by atoms with Crippen LogP contribution in [0, 0.1) is 0 Å². The summed E-state index contributed by atoms with van der Waals surface area (Å²) in [7, 11) is 0. The molecule has 0 heterocycles. The van der Waals surface area contributed by atoms with Crippen LogP contribution in [0.2, 0.25) is 0 Å². The summed E-state index contributed by atoms with van der Waals surface area (Å²) in [5, 5.41) is 2.72. The maximum absolute atomic E-state index is 11.5. The molecule has 0 saturated carbocycles. The van der Waals surface area contributed by atoms with E-state index in [0.29, 0.717) is 11.4 Å². The molecule has 1 aromatic rings. The first-order chi connectivity index (χ1) is 7.88. The van der Waals surface area contributed by atoms with E-state index < -0.39 is 6.04 Å². The average Bonchev–Trinajstić information content (AvgIpc) is 2.14. The molecule has 1 atom stereocenters. The molecule has 0 aromatic heterocycles. The molecule has 0 aliphatic rings. The van der Waals surface area contributed by atoms with Gasteiger partial charge in [0.05, 0.1) is 12.1 Å². The van der Waals surface area contributed by atoms with Crippen molar-refractivity contribution in [3.63, 3.8) is 0 Å². The summed E-state index contributed by atoms with van der Waals surface area (Å²) in [5.74, 6) is 0.480. The van der Waals surface area contributed by atoms with Gasteiger partial charge in [-0.05, 0) is 32.9 Å². The topological polar surface area (TPSA) is 64.3 Å². The highest BCUT2D eigenvalue weighted by Gasteiger charge is 2.09. The summed E-state index contributed by atoms with van der Waals surface area (Å²) in [6, 6.07) is 4.88. The lowest BCUT2D eigenvalue weighted by atomic mass is 10.2. The van der Waals surface area contributed by atoms with E-state index in [0.717, 1.165) is 4.47 Å². The predicted molar refractivity (Wildman–Crippen MR) is 72.2 cm³/mol. The van der Waals surface area contributed by atoms with Gasteiger partial charge in [0.15, 0.2) is 0 Å². The van der Waals surface area contributed by atoms with E-state index in [1.807, 2.05) is 19.9 Å². The van der Waals surface area contributed by atoms with Gasteiger partial charge in [-0.15, -0.1) is 0 Å². The zero-order valence-electron chi connectivity index (χ0n) is 10.2. The molecular weight excluding hydrogens is 284 g/mol. The lowest BCUT2D eigenvalue weighted by Gasteiger charge is -2.13. The van der Waals surface area contributed by atoms with E-state index in [9.17, 15) is 4.79 Å². The number of amides is 1. The van der Waals surface area contributed by atoms with E-state index in [1.54, 1.807) is 19.1 Å². The average molecular weight is 301 g/mol. The summed E-state index contributed by atoms with van der Waals surface area (Å²) in [6.45, 7) is 5.53. The summed E-state index contributed by atoms with van der Waals surface area (Å²) >= 11 is 3.37. The van der Waals surface area contributed by atoms with Crippen molar-refractivity contribution in [1.29, 1.82) is 0 Å². The number of carbonyl (C=O) groups is 1. The molecule has 1 amide bonds. The van der Waals surface area contributed by atoms with Crippen LogP contribution in [-0.4, -0.2) is 18.1 Å². The number of anilines is 1. The molecule has 17 heavy (non-hydrogen) atoms. The minimum Gasteiger partial charge on any atom is -0.491 e. The summed E-state index contributed by atoms with van der Waals surface area (Å²) in [6.07, 6.45) is 0.0845. The molecular formula is C12H17BrN2O2. The summed E-state index contributed by atoms with van der Waals surface area (Å²) in [5.41, 5.74) is 6.15. The number of nitrogens with one attached hydrogen (secondary N) is 1. The van der Waals surface area contributed by atoms with E-state index in [1.165, 1.54) is 0 Å². The maximum atomic E-state index is 11.5. The number of rotatable bonds is 4. The van der Waals surface area contributed by atoms with Gasteiger partial charge in [0.1, 0.15) is 5.75 Å². The number of ether oxygens (including phenoxy) is 1. The molecule has 94 valence electrons. The molecule has 3 N–H and O–H groups in total. The number of nitrogens with two attached hydrogens (primary N) is 1. The van der Waals surface area contributed by atoms with E-state index >= 15 is 0 Å². The SMILES string of the molecule is CC(C)Oc1cc(Br)cc(NC(=O)[C@H](C)N)c1. The lowest BCUT2D eigenvalue weighted by molar-refractivity contribution is -0.117. The van der Waals surface area contributed by atoms with Gasteiger partial charge in [-0.25, -0.2) is 0 Å². The number of hydrogen-bond donors (Lipinski definition) is 2. The maximum Gasteiger partial charge on any atom is 0.241 e. The fourth-order valence-corrected chi connectivity index (χ4v) is 1.70. The molecule has 0 unspecified atom stereocenters. The van der Waals surface area contributed by atoms with Gasteiger partial charge in [-0.2, -0.15) is 0 Å². The number of carbonyl (C=O) groups excluding carboxylic acids is 1. The van der Waals surface area contributed by atoms with Crippen molar-refractivity contribution in [2.45, 2.75) is 32.9 Å². The van der Waals surface area contributed by atoms with Crippen LogP contribution in [-0.2, 0) is 4.79 Å². The third-order valence-electron chi connectivity index (χ3n) is 1.92. The Morgan fingerprint density at radius 3 is 2.53 bits per heavy atom. The zero-order valence-corrected chi connectivity index (χ0v) is 11.7. The van der Waals surface area contributed by atoms with Crippen molar-refractivity contribution in [3.05, 3.63) is 22.7 Å². The Kier molecular flexibility index (Phi) is 4.96. The number of benzene rings is 1. The quantitative estimate of drug-likeness (QED) is 0.898. The zero-order chi connectivity index (χ0) is 13.0. The standard InChI is InChI=1S/C12H17BrN2O2/c1-7(2)17-11-5-9(13)4-10(6-11)15-12(16)8(3)14/h4-8H,14H2,1-3H3,(H,15,16)/t8-/m0/s1. The van der Waals surface area contributed by atoms with Crippen LogP contribution < -0.4 is 15.8 Å². The molecule has 0 aliphatic heterocycles. The van der Waals surface area contributed by atoms with E-state index in [-0.39, 0.29) is 12.0 Å². The van der Waals surface area contributed by atoms with Crippen molar-refractivity contribution in [1.82, 2.24) is 0 Å². The van der Waals surface area contributed by atoms with Crippen LogP contribution in [0.5, 0.6) is 5.75 Å². The molecule has 5 heteroatoms. The Morgan fingerprint density at radius 2 is 2.00 bits per heavy atom. The molecule has 4 nitrogen and oxygen atoms in total. The Morgan fingerprint density at radius 1 is 1.35 bits per heavy atom. The molecule has 0 saturated heterocycles. The molecule has 1 rings (SSSR count).